The van der Waals surface area contributed by atoms with Crippen molar-refractivity contribution in [2.45, 2.75) is 37.6 Å². The first-order valence-electron chi connectivity index (χ1n) is 9.82. The van der Waals surface area contributed by atoms with Crippen LogP contribution in [0.3, 0.4) is 0 Å². The molecule has 3 rings (SSSR count). The zero-order chi connectivity index (χ0) is 20.8. The number of amides is 2. The number of anilines is 1. The number of aryl methyl sites for hydroxylation is 1. The quantitative estimate of drug-likeness (QED) is 0.705. The highest BCUT2D eigenvalue weighted by Crippen LogP contribution is 2.25. The lowest BCUT2D eigenvalue weighted by molar-refractivity contribution is -0.116. The summed E-state index contributed by atoms with van der Waals surface area (Å²) in [5, 5.41) is 3.60. The molecule has 1 aromatic carbocycles. The third kappa shape index (κ3) is 5.56. The van der Waals surface area contributed by atoms with Gasteiger partial charge in [-0.3, -0.25) is 9.59 Å². The highest BCUT2D eigenvalue weighted by molar-refractivity contribution is 7.98. The fourth-order valence-corrected chi connectivity index (χ4v) is 4.23. The topological polar surface area (TPSA) is 62.3 Å². The highest BCUT2D eigenvalue weighted by Gasteiger charge is 2.26. The number of carbonyl (C=O) groups excluding carboxylic acids is 2. The Morgan fingerprint density at radius 3 is 2.93 bits per heavy atom. The summed E-state index contributed by atoms with van der Waals surface area (Å²) in [6, 6.07) is 7.94. The van der Waals surface area contributed by atoms with Crippen LogP contribution in [-0.4, -0.2) is 41.0 Å². The van der Waals surface area contributed by atoms with Crippen molar-refractivity contribution in [3.05, 3.63) is 53.5 Å². The van der Waals surface area contributed by atoms with Crippen molar-refractivity contribution in [2.24, 2.45) is 5.92 Å². The number of carbonyl (C=O) groups is 2. The minimum Gasteiger partial charge on any atom is -0.338 e. The number of nitrogens with one attached hydrogen (secondary N) is 1. The molecule has 2 aromatic rings. The maximum Gasteiger partial charge on any atom is 0.256 e. The summed E-state index contributed by atoms with van der Waals surface area (Å²) in [6.07, 6.45) is 6.66. The third-order valence-electron chi connectivity index (χ3n) is 5.24. The maximum atomic E-state index is 13.2. The van der Waals surface area contributed by atoms with Crippen LogP contribution in [0.25, 0.3) is 0 Å². The molecule has 0 bridgehead atoms. The van der Waals surface area contributed by atoms with E-state index in [1.807, 2.05) is 17.2 Å². The van der Waals surface area contributed by atoms with E-state index in [0.717, 1.165) is 30.8 Å². The van der Waals surface area contributed by atoms with E-state index >= 15 is 0 Å². The minimum absolute atomic E-state index is 0.0125. The molecule has 2 heterocycles. The summed E-state index contributed by atoms with van der Waals surface area (Å²) in [4.78, 5) is 31.4. The molecule has 1 atom stereocenters. The molecule has 0 radical (unpaired) electrons. The van der Waals surface area contributed by atoms with Gasteiger partial charge in [0.25, 0.3) is 5.91 Å². The summed E-state index contributed by atoms with van der Waals surface area (Å²) in [7, 11) is 0. The molecule has 0 spiro atoms. The van der Waals surface area contributed by atoms with Crippen LogP contribution < -0.4 is 5.32 Å². The van der Waals surface area contributed by atoms with Gasteiger partial charge in [-0.1, -0.05) is 0 Å². The Kier molecular flexibility index (Phi) is 7.25. The Bertz CT molecular complexity index is 890. The fraction of sp³-hybridized carbons (Fsp3) is 0.409. The molecule has 1 N–H and O–H groups in total. The molecule has 1 aliphatic heterocycles. The van der Waals surface area contributed by atoms with Crippen LogP contribution in [0.4, 0.5) is 10.1 Å². The van der Waals surface area contributed by atoms with Crippen LogP contribution in [0.2, 0.25) is 0 Å². The van der Waals surface area contributed by atoms with Gasteiger partial charge < -0.3 is 10.2 Å². The number of aromatic nitrogens is 1. The average Bonchev–Trinajstić information content (AvgIpc) is 2.74. The van der Waals surface area contributed by atoms with Gasteiger partial charge in [-0.25, -0.2) is 9.37 Å². The summed E-state index contributed by atoms with van der Waals surface area (Å²) in [6.45, 7) is 3.16. The number of likely N-dealkylation sites (tertiary alicyclic amines) is 1. The molecular weight excluding hydrogens is 389 g/mol. The monoisotopic (exact) mass is 415 g/mol. The predicted molar refractivity (Wildman–Crippen MR) is 114 cm³/mol. The summed E-state index contributed by atoms with van der Waals surface area (Å²) < 4.78 is 13.2. The number of nitrogens with zero attached hydrogens (tertiary/aromatic N) is 2. The second-order valence-electron chi connectivity index (χ2n) is 7.37. The molecule has 7 heteroatoms. The van der Waals surface area contributed by atoms with Crippen molar-refractivity contribution >= 4 is 29.3 Å². The van der Waals surface area contributed by atoms with E-state index < -0.39 is 0 Å². The van der Waals surface area contributed by atoms with E-state index in [1.165, 1.54) is 23.9 Å². The Morgan fingerprint density at radius 2 is 2.17 bits per heavy atom. The van der Waals surface area contributed by atoms with E-state index in [0.29, 0.717) is 35.7 Å². The lowest BCUT2D eigenvalue weighted by atomic mass is 9.93. The molecule has 1 fully saturated rings. The summed E-state index contributed by atoms with van der Waals surface area (Å²) in [5.41, 5.74) is 1.98. The predicted octanol–water partition coefficient (Wildman–Crippen LogP) is 4.52. The molecule has 0 unspecified atom stereocenters. The average molecular weight is 416 g/mol. The van der Waals surface area contributed by atoms with E-state index in [1.54, 1.807) is 25.3 Å². The van der Waals surface area contributed by atoms with E-state index in [4.69, 9.17) is 0 Å². The summed E-state index contributed by atoms with van der Waals surface area (Å²) >= 11 is 1.47. The first-order chi connectivity index (χ1) is 14.0. The van der Waals surface area contributed by atoms with Gasteiger partial charge in [0.1, 0.15) is 10.8 Å². The first-order valence-corrected chi connectivity index (χ1v) is 11.0. The number of piperidine rings is 1. The SMILES string of the molecule is CSc1ncccc1C(=O)N1CCC[C@@H](CCC(=O)Nc2ccc(F)cc2C)C1. The highest BCUT2D eigenvalue weighted by atomic mass is 32.2. The smallest absolute Gasteiger partial charge is 0.256 e. The zero-order valence-corrected chi connectivity index (χ0v) is 17.6. The van der Waals surface area contributed by atoms with E-state index in [2.05, 4.69) is 10.3 Å². The van der Waals surface area contributed by atoms with Crippen molar-refractivity contribution in [1.82, 2.24) is 9.88 Å². The van der Waals surface area contributed by atoms with E-state index in [9.17, 15) is 14.0 Å². The van der Waals surface area contributed by atoms with Gasteiger partial charge in [0.2, 0.25) is 5.91 Å². The van der Waals surface area contributed by atoms with Crippen LogP contribution in [0.15, 0.2) is 41.6 Å². The van der Waals surface area contributed by atoms with Gasteiger partial charge in [0.15, 0.2) is 0 Å². The van der Waals surface area contributed by atoms with Crippen molar-refractivity contribution in [3.8, 4) is 0 Å². The second kappa shape index (κ2) is 9.87. The maximum absolute atomic E-state index is 13.2. The second-order valence-corrected chi connectivity index (χ2v) is 8.16. The fourth-order valence-electron chi connectivity index (χ4n) is 3.69. The Labute approximate surface area is 175 Å². The number of benzene rings is 1. The van der Waals surface area contributed by atoms with Crippen molar-refractivity contribution in [3.63, 3.8) is 0 Å². The van der Waals surface area contributed by atoms with Gasteiger partial charge in [0.05, 0.1) is 5.56 Å². The Balaban J connectivity index is 1.54. The molecule has 1 aliphatic rings. The van der Waals surface area contributed by atoms with Gasteiger partial charge in [-0.15, -0.1) is 11.8 Å². The standard InChI is InChI=1S/C22H26FN3O2S/c1-15-13-17(23)8-9-19(15)25-20(27)10-7-16-5-4-12-26(14-16)22(28)18-6-3-11-24-21(18)29-2/h3,6,8-9,11,13,16H,4-5,7,10,12,14H2,1-2H3,(H,25,27)/t16-/m0/s1. The Hall–Kier alpha value is -2.41. The lowest BCUT2D eigenvalue weighted by Gasteiger charge is -2.33. The van der Waals surface area contributed by atoms with Crippen LogP contribution in [0.5, 0.6) is 0 Å². The van der Waals surface area contributed by atoms with Crippen molar-refractivity contribution in [2.75, 3.05) is 24.7 Å². The normalized spacial score (nSPS) is 16.5. The number of hydrogen-bond acceptors (Lipinski definition) is 4. The van der Waals surface area contributed by atoms with Crippen molar-refractivity contribution in [1.29, 1.82) is 0 Å². The van der Waals surface area contributed by atoms with Gasteiger partial charge >= 0.3 is 0 Å². The Morgan fingerprint density at radius 1 is 1.34 bits per heavy atom. The third-order valence-corrected chi connectivity index (χ3v) is 5.96. The molecule has 2 amide bonds. The van der Waals surface area contributed by atoms with E-state index in [-0.39, 0.29) is 17.6 Å². The minimum atomic E-state index is -0.314. The molecule has 29 heavy (non-hydrogen) atoms. The number of halogens is 1. The number of thioether (sulfide) groups is 1. The van der Waals surface area contributed by atoms with Gasteiger partial charge in [0, 0.05) is 31.4 Å². The number of hydrogen-bond donors (Lipinski definition) is 1. The molecule has 5 nitrogen and oxygen atoms in total. The van der Waals surface area contributed by atoms with Gasteiger partial charge in [-0.05, 0) is 74.3 Å². The first kappa shape index (κ1) is 21.3. The van der Waals surface area contributed by atoms with Crippen LogP contribution in [0, 0.1) is 18.7 Å². The molecule has 0 saturated carbocycles. The zero-order valence-electron chi connectivity index (χ0n) is 16.8. The molecule has 1 aromatic heterocycles. The molecule has 1 saturated heterocycles. The summed E-state index contributed by atoms with van der Waals surface area (Å²) in [5.74, 6) is -0.0912. The van der Waals surface area contributed by atoms with Crippen LogP contribution in [0.1, 0.15) is 41.6 Å². The van der Waals surface area contributed by atoms with Crippen LogP contribution in [-0.2, 0) is 4.79 Å². The van der Waals surface area contributed by atoms with Crippen LogP contribution >= 0.6 is 11.8 Å². The van der Waals surface area contributed by atoms with Crippen molar-refractivity contribution < 1.29 is 14.0 Å². The molecule has 154 valence electrons. The largest absolute Gasteiger partial charge is 0.338 e. The molecular formula is C22H26FN3O2S. The lowest BCUT2D eigenvalue weighted by Crippen LogP contribution is -2.40. The number of rotatable bonds is 6. The number of pyridine rings is 1. The molecule has 0 aliphatic carbocycles. The van der Waals surface area contributed by atoms with Gasteiger partial charge in [-0.2, -0.15) is 0 Å².